The molecule has 0 saturated heterocycles. The summed E-state index contributed by atoms with van der Waals surface area (Å²) in [6, 6.07) is 5.90. The number of rotatable bonds is 8. The molecule has 27 heavy (non-hydrogen) atoms. The highest BCUT2D eigenvalue weighted by molar-refractivity contribution is 7.89. The fourth-order valence-electron chi connectivity index (χ4n) is 2.97. The molecule has 1 aromatic carbocycles. The second kappa shape index (κ2) is 10.1. The molecule has 0 aromatic heterocycles. The van der Waals surface area contributed by atoms with Crippen molar-refractivity contribution in [2.75, 3.05) is 20.2 Å². The maximum Gasteiger partial charge on any atom is 0.307 e. The minimum atomic E-state index is -3.72. The predicted octanol–water partition coefficient (Wildman–Crippen LogP) is 2.34. The molecule has 0 bridgehead atoms. The molecule has 0 radical (unpaired) electrons. The van der Waals surface area contributed by atoms with Crippen LogP contribution in [-0.2, 0) is 24.3 Å². The number of sulfonamides is 1. The van der Waals surface area contributed by atoms with Crippen molar-refractivity contribution < 1.29 is 22.7 Å². The average Bonchev–Trinajstić information content (AvgIpc) is 2.66. The molecule has 0 heterocycles. The number of nitrogens with one attached hydrogen (secondary N) is 1. The van der Waals surface area contributed by atoms with Crippen molar-refractivity contribution in [3.63, 3.8) is 0 Å². The van der Waals surface area contributed by atoms with Crippen LogP contribution in [0.5, 0.6) is 0 Å². The van der Waals surface area contributed by atoms with Crippen LogP contribution in [0, 0.1) is 0 Å². The maximum atomic E-state index is 12.1. The highest BCUT2D eigenvalue weighted by Gasteiger charge is 2.23. The van der Waals surface area contributed by atoms with Crippen LogP contribution < -0.4 is 4.72 Å². The first-order valence-corrected chi connectivity index (χ1v) is 10.8. The number of esters is 1. The van der Waals surface area contributed by atoms with Crippen LogP contribution in [0.2, 0.25) is 5.02 Å². The van der Waals surface area contributed by atoms with Crippen molar-refractivity contribution in [2.24, 2.45) is 0 Å². The third kappa shape index (κ3) is 6.79. The summed E-state index contributed by atoms with van der Waals surface area (Å²) in [5, 5.41) is 0.431. The molecule has 1 amide bonds. The maximum absolute atomic E-state index is 12.1. The molecule has 1 saturated carbocycles. The first-order chi connectivity index (χ1) is 12.8. The average molecular weight is 417 g/mol. The van der Waals surface area contributed by atoms with Crippen molar-refractivity contribution in [3.8, 4) is 0 Å². The largest absolute Gasteiger partial charge is 0.456 e. The molecule has 9 heteroatoms. The van der Waals surface area contributed by atoms with E-state index in [2.05, 4.69) is 4.72 Å². The molecule has 2 rings (SSSR count). The Bertz CT molecular complexity index is 746. The number of amides is 1. The Morgan fingerprint density at radius 3 is 2.44 bits per heavy atom. The number of nitrogens with zero attached hydrogens (tertiary/aromatic N) is 1. The van der Waals surface area contributed by atoms with Gasteiger partial charge in [0.25, 0.3) is 5.91 Å². The second-order valence-electron chi connectivity index (χ2n) is 6.56. The van der Waals surface area contributed by atoms with Crippen molar-refractivity contribution >= 4 is 33.5 Å². The highest BCUT2D eigenvalue weighted by atomic mass is 35.5. The van der Waals surface area contributed by atoms with Gasteiger partial charge in [0.1, 0.15) is 0 Å². The van der Waals surface area contributed by atoms with Crippen LogP contribution in [0.1, 0.15) is 38.5 Å². The molecule has 7 nitrogen and oxygen atoms in total. The lowest BCUT2D eigenvalue weighted by molar-refractivity contribution is -0.152. The molecule has 1 aliphatic rings. The van der Waals surface area contributed by atoms with Crippen molar-refractivity contribution in [1.29, 1.82) is 0 Å². The number of ether oxygens (including phenoxy) is 1. The van der Waals surface area contributed by atoms with E-state index >= 15 is 0 Å². The first-order valence-electron chi connectivity index (χ1n) is 8.96. The van der Waals surface area contributed by atoms with Crippen molar-refractivity contribution in [1.82, 2.24) is 9.62 Å². The van der Waals surface area contributed by atoms with Gasteiger partial charge in [-0.15, -0.1) is 0 Å². The first kappa shape index (κ1) is 21.7. The van der Waals surface area contributed by atoms with Gasteiger partial charge in [0.15, 0.2) is 6.61 Å². The summed E-state index contributed by atoms with van der Waals surface area (Å²) in [6.07, 6.45) is 5.20. The van der Waals surface area contributed by atoms with Gasteiger partial charge in [-0.25, -0.2) is 13.1 Å². The van der Waals surface area contributed by atoms with E-state index in [4.69, 9.17) is 16.3 Å². The standard InChI is InChI=1S/C18H25ClN2O5S/c1-21(15-5-3-2-4-6-15)17(22)13-26-18(23)11-12-20-27(24,25)16-9-7-14(19)8-10-16/h7-10,15,20H,2-6,11-13H2,1H3. The van der Waals surface area contributed by atoms with Crippen LogP contribution in [-0.4, -0.2) is 51.4 Å². The van der Waals surface area contributed by atoms with Gasteiger partial charge in [-0.2, -0.15) is 0 Å². The summed E-state index contributed by atoms with van der Waals surface area (Å²) in [5.41, 5.74) is 0. The molecular weight excluding hydrogens is 392 g/mol. The van der Waals surface area contributed by atoms with E-state index in [-0.39, 0.29) is 36.4 Å². The molecule has 1 N–H and O–H groups in total. The fraction of sp³-hybridized carbons (Fsp3) is 0.556. The van der Waals surface area contributed by atoms with E-state index in [1.807, 2.05) is 0 Å². The van der Waals surface area contributed by atoms with E-state index in [9.17, 15) is 18.0 Å². The minimum Gasteiger partial charge on any atom is -0.456 e. The van der Waals surface area contributed by atoms with Crippen LogP contribution in [0.4, 0.5) is 0 Å². The Morgan fingerprint density at radius 1 is 1.19 bits per heavy atom. The Morgan fingerprint density at radius 2 is 1.81 bits per heavy atom. The molecule has 1 aromatic rings. The minimum absolute atomic E-state index is 0.0598. The lowest BCUT2D eigenvalue weighted by Gasteiger charge is -2.31. The molecular formula is C18H25ClN2O5S. The van der Waals surface area contributed by atoms with Crippen LogP contribution in [0.15, 0.2) is 29.2 Å². The topological polar surface area (TPSA) is 92.8 Å². The van der Waals surface area contributed by atoms with Gasteiger partial charge >= 0.3 is 5.97 Å². The zero-order chi connectivity index (χ0) is 19.9. The normalized spacial score (nSPS) is 15.3. The van der Waals surface area contributed by atoms with E-state index in [0.29, 0.717) is 5.02 Å². The summed E-state index contributed by atoms with van der Waals surface area (Å²) in [7, 11) is -1.99. The predicted molar refractivity (Wildman–Crippen MR) is 102 cm³/mol. The van der Waals surface area contributed by atoms with E-state index in [1.54, 1.807) is 11.9 Å². The molecule has 150 valence electrons. The molecule has 1 aliphatic carbocycles. The van der Waals surface area contributed by atoms with Crippen molar-refractivity contribution in [3.05, 3.63) is 29.3 Å². The van der Waals surface area contributed by atoms with Crippen LogP contribution in [0.3, 0.4) is 0 Å². The molecule has 0 atom stereocenters. The number of halogens is 1. The number of likely N-dealkylation sites (N-methyl/N-ethyl adjacent to an activating group) is 1. The second-order valence-corrected chi connectivity index (χ2v) is 8.76. The number of carbonyl (C=O) groups excluding carboxylic acids is 2. The number of hydrogen-bond donors (Lipinski definition) is 1. The molecule has 0 spiro atoms. The SMILES string of the molecule is CN(C(=O)COC(=O)CCNS(=O)(=O)c1ccc(Cl)cc1)C1CCCCC1. The zero-order valence-electron chi connectivity index (χ0n) is 15.3. The molecule has 0 aliphatic heterocycles. The Labute approximate surface area is 165 Å². The Kier molecular flexibility index (Phi) is 8.07. The Balaban J connectivity index is 1.71. The summed E-state index contributed by atoms with van der Waals surface area (Å²) in [6.45, 7) is -0.438. The lowest BCUT2D eigenvalue weighted by atomic mass is 9.94. The van der Waals surface area contributed by atoms with E-state index in [1.165, 1.54) is 30.7 Å². The number of benzene rings is 1. The van der Waals surface area contributed by atoms with E-state index in [0.717, 1.165) is 25.7 Å². The summed E-state index contributed by atoms with van der Waals surface area (Å²) in [4.78, 5) is 25.6. The summed E-state index contributed by atoms with van der Waals surface area (Å²) >= 11 is 5.73. The fourth-order valence-corrected chi connectivity index (χ4v) is 4.13. The number of carbonyl (C=O) groups is 2. The smallest absolute Gasteiger partial charge is 0.307 e. The quantitative estimate of drug-likeness (QED) is 0.656. The summed E-state index contributed by atoms with van der Waals surface area (Å²) < 4.78 is 31.5. The van der Waals surface area contributed by atoms with Gasteiger partial charge in [0, 0.05) is 24.7 Å². The Hall–Kier alpha value is -1.64. The van der Waals surface area contributed by atoms with E-state index < -0.39 is 16.0 Å². The zero-order valence-corrected chi connectivity index (χ0v) is 16.9. The van der Waals surface area contributed by atoms with Crippen LogP contribution in [0.25, 0.3) is 0 Å². The van der Waals surface area contributed by atoms with Gasteiger partial charge in [-0.05, 0) is 37.1 Å². The monoisotopic (exact) mass is 416 g/mol. The van der Waals surface area contributed by atoms with Gasteiger partial charge in [-0.1, -0.05) is 30.9 Å². The van der Waals surface area contributed by atoms with Gasteiger partial charge in [0.2, 0.25) is 10.0 Å². The van der Waals surface area contributed by atoms with Gasteiger partial charge in [-0.3, -0.25) is 9.59 Å². The van der Waals surface area contributed by atoms with Crippen molar-refractivity contribution in [2.45, 2.75) is 49.5 Å². The third-order valence-electron chi connectivity index (χ3n) is 4.62. The lowest BCUT2D eigenvalue weighted by Crippen LogP contribution is -2.40. The third-order valence-corrected chi connectivity index (χ3v) is 6.35. The number of hydrogen-bond acceptors (Lipinski definition) is 5. The van der Waals surface area contributed by atoms with Gasteiger partial charge < -0.3 is 9.64 Å². The molecule has 1 fully saturated rings. The highest BCUT2D eigenvalue weighted by Crippen LogP contribution is 2.21. The summed E-state index contributed by atoms with van der Waals surface area (Å²) in [5.74, 6) is -0.865. The van der Waals surface area contributed by atoms with Gasteiger partial charge in [0.05, 0.1) is 11.3 Å². The van der Waals surface area contributed by atoms with Crippen LogP contribution >= 0.6 is 11.6 Å². The molecule has 0 unspecified atom stereocenters.